The maximum Gasteiger partial charge on any atom is 0.331 e. The topological polar surface area (TPSA) is 110 Å². The molecule has 3 aromatic heterocycles. The molecule has 3 rings (SSSR count). The van der Waals surface area contributed by atoms with Crippen LogP contribution in [-0.2, 0) is 10.3 Å². The molecule has 3 aromatic rings. The van der Waals surface area contributed by atoms with Gasteiger partial charge in [-0.1, -0.05) is 0 Å². The fourth-order valence-electron chi connectivity index (χ4n) is 2.24. The SMILES string of the molecule is Cc1ccc(-c2nc(C)c(C(=O)Nc3cnn(C(C)(C)C(=O)O)c3)s2)o1. The van der Waals surface area contributed by atoms with Crippen molar-refractivity contribution in [1.82, 2.24) is 14.8 Å². The Morgan fingerprint density at radius 3 is 2.65 bits per heavy atom. The second kappa shape index (κ2) is 6.41. The molecule has 26 heavy (non-hydrogen) atoms. The van der Waals surface area contributed by atoms with Gasteiger partial charge in [-0.15, -0.1) is 11.3 Å². The largest absolute Gasteiger partial charge is 0.479 e. The molecule has 0 saturated heterocycles. The van der Waals surface area contributed by atoms with E-state index in [4.69, 9.17) is 4.42 Å². The van der Waals surface area contributed by atoms with Gasteiger partial charge in [0.1, 0.15) is 10.6 Å². The third-order valence-corrected chi connectivity index (χ3v) is 5.06. The number of hydrogen-bond acceptors (Lipinski definition) is 6. The lowest BCUT2D eigenvalue weighted by Gasteiger charge is -2.19. The molecule has 136 valence electrons. The first kappa shape index (κ1) is 17.9. The molecule has 0 aliphatic rings. The Kier molecular flexibility index (Phi) is 4.41. The number of furan rings is 1. The highest BCUT2D eigenvalue weighted by Gasteiger charge is 2.30. The van der Waals surface area contributed by atoms with Crippen molar-refractivity contribution in [3.8, 4) is 10.8 Å². The lowest BCUT2D eigenvalue weighted by molar-refractivity contribution is -0.146. The van der Waals surface area contributed by atoms with Gasteiger partial charge in [0.15, 0.2) is 16.3 Å². The molecule has 0 spiro atoms. The Bertz CT molecular complexity index is 983. The van der Waals surface area contributed by atoms with E-state index in [1.807, 2.05) is 19.1 Å². The molecule has 1 amide bonds. The Balaban J connectivity index is 1.80. The van der Waals surface area contributed by atoms with Crippen LogP contribution in [0.15, 0.2) is 28.9 Å². The number of carboxylic acid groups (broad SMARTS) is 1. The number of nitrogens with one attached hydrogen (secondary N) is 1. The minimum Gasteiger partial charge on any atom is -0.479 e. The summed E-state index contributed by atoms with van der Waals surface area (Å²) in [5, 5.41) is 16.6. The number of anilines is 1. The van der Waals surface area contributed by atoms with Gasteiger partial charge in [-0.05, 0) is 39.8 Å². The van der Waals surface area contributed by atoms with Crippen molar-refractivity contribution in [3.05, 3.63) is 40.9 Å². The van der Waals surface area contributed by atoms with Gasteiger partial charge in [0.05, 0.1) is 17.6 Å². The Hall–Kier alpha value is -2.94. The standard InChI is InChI=1S/C17H18N4O4S/c1-9-5-6-12(25-9)15-19-10(2)13(26-15)14(22)20-11-7-18-21(8-11)17(3,4)16(23)24/h5-8H,1-4H3,(H,20,22)(H,23,24). The van der Waals surface area contributed by atoms with Crippen LogP contribution < -0.4 is 5.32 Å². The first-order valence-corrected chi connectivity index (χ1v) is 8.64. The fraction of sp³-hybridized carbons (Fsp3) is 0.294. The smallest absolute Gasteiger partial charge is 0.331 e. The summed E-state index contributed by atoms with van der Waals surface area (Å²) in [7, 11) is 0. The maximum atomic E-state index is 12.6. The van der Waals surface area contributed by atoms with Gasteiger partial charge in [-0.3, -0.25) is 9.48 Å². The third-order valence-electron chi connectivity index (χ3n) is 3.89. The summed E-state index contributed by atoms with van der Waals surface area (Å²) < 4.78 is 6.84. The highest BCUT2D eigenvalue weighted by Crippen LogP contribution is 2.30. The van der Waals surface area contributed by atoms with Crippen LogP contribution in [0.5, 0.6) is 0 Å². The molecule has 0 fully saturated rings. The average Bonchev–Trinajstić information content (AvgIpc) is 3.27. The second-order valence-corrected chi connectivity index (χ2v) is 7.33. The molecular weight excluding hydrogens is 356 g/mol. The molecule has 0 aromatic carbocycles. The molecule has 0 radical (unpaired) electrons. The number of aromatic nitrogens is 3. The third kappa shape index (κ3) is 3.25. The van der Waals surface area contributed by atoms with E-state index in [9.17, 15) is 14.7 Å². The summed E-state index contributed by atoms with van der Waals surface area (Å²) in [6.07, 6.45) is 2.90. The quantitative estimate of drug-likeness (QED) is 0.709. The number of carbonyl (C=O) groups excluding carboxylic acids is 1. The van der Waals surface area contributed by atoms with Crippen molar-refractivity contribution >= 4 is 28.9 Å². The minimum absolute atomic E-state index is 0.331. The van der Waals surface area contributed by atoms with Crippen LogP contribution in [0.1, 0.15) is 35.0 Å². The van der Waals surface area contributed by atoms with Gasteiger partial charge in [0.25, 0.3) is 5.91 Å². The monoisotopic (exact) mass is 374 g/mol. The molecule has 0 aliphatic heterocycles. The highest BCUT2D eigenvalue weighted by molar-refractivity contribution is 7.17. The molecule has 3 heterocycles. The number of amides is 1. The van der Waals surface area contributed by atoms with Crippen molar-refractivity contribution in [1.29, 1.82) is 0 Å². The molecule has 0 unspecified atom stereocenters. The van der Waals surface area contributed by atoms with Crippen LogP contribution in [-0.4, -0.2) is 31.7 Å². The van der Waals surface area contributed by atoms with Crippen molar-refractivity contribution < 1.29 is 19.1 Å². The second-order valence-electron chi connectivity index (χ2n) is 6.34. The van der Waals surface area contributed by atoms with Gasteiger partial charge in [-0.25, -0.2) is 9.78 Å². The lowest BCUT2D eigenvalue weighted by Crippen LogP contribution is -2.35. The maximum absolute atomic E-state index is 12.6. The summed E-state index contributed by atoms with van der Waals surface area (Å²) in [5.74, 6) is 0.0374. The molecule has 0 aliphatic carbocycles. The number of thiazole rings is 1. The Morgan fingerprint density at radius 2 is 2.04 bits per heavy atom. The van der Waals surface area contributed by atoms with E-state index in [1.54, 1.807) is 6.92 Å². The molecule has 0 bridgehead atoms. The fourth-order valence-corrected chi connectivity index (χ4v) is 3.16. The first-order valence-electron chi connectivity index (χ1n) is 7.82. The number of aryl methyl sites for hydroxylation is 2. The van der Waals surface area contributed by atoms with Gasteiger partial charge in [0, 0.05) is 6.20 Å². The zero-order valence-electron chi connectivity index (χ0n) is 14.7. The number of hydrogen-bond donors (Lipinski definition) is 2. The van der Waals surface area contributed by atoms with E-state index in [0.717, 1.165) is 5.76 Å². The summed E-state index contributed by atoms with van der Waals surface area (Å²) in [6.45, 7) is 6.65. The zero-order valence-corrected chi connectivity index (χ0v) is 15.5. The molecule has 0 atom stereocenters. The van der Waals surface area contributed by atoms with Gasteiger partial charge in [0.2, 0.25) is 0 Å². The van der Waals surface area contributed by atoms with Crippen molar-refractivity contribution in [2.75, 3.05) is 5.32 Å². The van der Waals surface area contributed by atoms with E-state index in [-0.39, 0.29) is 5.91 Å². The first-order chi connectivity index (χ1) is 12.2. The molecule has 0 saturated carbocycles. The molecular formula is C17H18N4O4S. The van der Waals surface area contributed by atoms with Crippen molar-refractivity contribution in [2.24, 2.45) is 0 Å². The number of aliphatic carboxylic acids is 1. The van der Waals surface area contributed by atoms with Crippen LogP contribution in [0.4, 0.5) is 5.69 Å². The number of carbonyl (C=O) groups is 2. The van der Waals surface area contributed by atoms with Crippen LogP contribution in [0.2, 0.25) is 0 Å². The number of carboxylic acids is 1. The van der Waals surface area contributed by atoms with E-state index >= 15 is 0 Å². The van der Waals surface area contributed by atoms with Crippen LogP contribution in [0, 0.1) is 13.8 Å². The van der Waals surface area contributed by atoms with E-state index in [2.05, 4.69) is 15.4 Å². The molecule has 2 N–H and O–H groups in total. The van der Waals surface area contributed by atoms with Gasteiger partial charge >= 0.3 is 5.97 Å². The summed E-state index contributed by atoms with van der Waals surface area (Å²) >= 11 is 1.23. The van der Waals surface area contributed by atoms with Gasteiger partial charge < -0.3 is 14.8 Å². The Labute approximate surface area is 153 Å². The van der Waals surface area contributed by atoms with Crippen molar-refractivity contribution in [2.45, 2.75) is 33.2 Å². The summed E-state index contributed by atoms with van der Waals surface area (Å²) in [5.41, 5.74) is -0.212. The lowest BCUT2D eigenvalue weighted by atomic mass is 10.1. The Morgan fingerprint density at radius 1 is 1.31 bits per heavy atom. The van der Waals surface area contributed by atoms with E-state index in [0.29, 0.717) is 27.0 Å². The van der Waals surface area contributed by atoms with Gasteiger partial charge in [-0.2, -0.15) is 5.10 Å². The summed E-state index contributed by atoms with van der Waals surface area (Å²) in [4.78, 5) is 28.7. The van der Waals surface area contributed by atoms with E-state index < -0.39 is 11.5 Å². The normalized spacial score (nSPS) is 11.5. The van der Waals surface area contributed by atoms with Crippen LogP contribution >= 0.6 is 11.3 Å². The zero-order chi connectivity index (χ0) is 19.1. The van der Waals surface area contributed by atoms with E-state index in [1.165, 1.54) is 42.3 Å². The summed E-state index contributed by atoms with van der Waals surface area (Å²) in [6, 6.07) is 3.65. The highest BCUT2D eigenvalue weighted by atomic mass is 32.1. The average molecular weight is 374 g/mol. The molecule has 8 nitrogen and oxygen atoms in total. The number of nitrogens with zero attached hydrogens (tertiary/aromatic N) is 3. The van der Waals surface area contributed by atoms with Crippen molar-refractivity contribution in [3.63, 3.8) is 0 Å². The predicted octanol–water partition coefficient (Wildman–Crippen LogP) is 3.29. The number of rotatable bonds is 5. The minimum atomic E-state index is -1.21. The molecule has 9 heteroatoms. The van der Waals surface area contributed by atoms with Crippen LogP contribution in [0.3, 0.4) is 0 Å². The van der Waals surface area contributed by atoms with Crippen LogP contribution in [0.25, 0.3) is 10.8 Å². The predicted molar refractivity (Wildman–Crippen MR) is 96.4 cm³/mol.